The van der Waals surface area contributed by atoms with Gasteiger partial charge in [-0.15, -0.1) is 6.58 Å². The minimum Gasteiger partial charge on any atom is -0.490 e. The number of quaternary nitrogens is 2. The van der Waals surface area contributed by atoms with Crippen molar-refractivity contribution >= 4 is 0 Å². The van der Waals surface area contributed by atoms with E-state index >= 15 is 0 Å². The number of aliphatic hydroxyl groups is 2. The summed E-state index contributed by atoms with van der Waals surface area (Å²) in [4.78, 5) is 2.88. The van der Waals surface area contributed by atoms with Crippen LogP contribution in [0, 0.1) is 0 Å². The Kier molecular flexibility index (Phi) is 7.55. The number of hydrogen-bond donors (Lipinski definition) is 4. The summed E-state index contributed by atoms with van der Waals surface area (Å²) in [6.07, 6.45) is 2.17. The molecular formula is C18H30N2O3+2. The van der Waals surface area contributed by atoms with Crippen LogP contribution in [0.15, 0.2) is 36.9 Å². The van der Waals surface area contributed by atoms with Gasteiger partial charge in [0.05, 0.1) is 6.61 Å². The molecule has 1 saturated heterocycles. The van der Waals surface area contributed by atoms with Crippen molar-refractivity contribution in [1.82, 2.24) is 0 Å². The van der Waals surface area contributed by atoms with Gasteiger partial charge in [0.15, 0.2) is 0 Å². The van der Waals surface area contributed by atoms with Crippen LogP contribution in [-0.2, 0) is 6.42 Å². The maximum atomic E-state index is 10.2. The summed E-state index contributed by atoms with van der Waals surface area (Å²) in [6, 6.07) is 7.90. The molecule has 1 heterocycles. The highest BCUT2D eigenvalue weighted by molar-refractivity contribution is 5.34. The van der Waals surface area contributed by atoms with E-state index in [4.69, 9.17) is 9.84 Å². The van der Waals surface area contributed by atoms with Crippen LogP contribution in [0.4, 0.5) is 0 Å². The van der Waals surface area contributed by atoms with Crippen LogP contribution in [0.25, 0.3) is 0 Å². The van der Waals surface area contributed by atoms with Crippen molar-refractivity contribution < 1.29 is 24.7 Å². The van der Waals surface area contributed by atoms with Crippen molar-refractivity contribution in [2.75, 3.05) is 52.5 Å². The first-order chi connectivity index (χ1) is 11.2. The largest absolute Gasteiger partial charge is 0.490 e. The summed E-state index contributed by atoms with van der Waals surface area (Å²) in [5.41, 5.74) is 1.10. The van der Waals surface area contributed by atoms with Crippen molar-refractivity contribution in [2.45, 2.75) is 12.5 Å². The van der Waals surface area contributed by atoms with Gasteiger partial charge in [0, 0.05) is 0 Å². The summed E-state index contributed by atoms with van der Waals surface area (Å²) < 4.78 is 5.80. The van der Waals surface area contributed by atoms with Gasteiger partial charge in [-0.25, -0.2) is 0 Å². The summed E-state index contributed by atoms with van der Waals surface area (Å²) in [5.74, 6) is 0.832. The Bertz CT molecular complexity index is 473. The van der Waals surface area contributed by atoms with Crippen LogP contribution in [0.5, 0.6) is 5.75 Å². The predicted octanol–water partition coefficient (Wildman–Crippen LogP) is -2.07. The Morgan fingerprint density at radius 2 is 1.87 bits per heavy atom. The minimum atomic E-state index is -0.457. The molecule has 0 aliphatic carbocycles. The van der Waals surface area contributed by atoms with Gasteiger partial charge in [-0.1, -0.05) is 24.3 Å². The van der Waals surface area contributed by atoms with E-state index in [-0.39, 0.29) is 6.61 Å². The molecule has 0 spiro atoms. The number of allylic oxidation sites excluding steroid dienone is 1. The van der Waals surface area contributed by atoms with E-state index in [2.05, 4.69) is 6.58 Å². The molecule has 1 fully saturated rings. The molecule has 1 aliphatic heterocycles. The number of hydrogen-bond acceptors (Lipinski definition) is 3. The Balaban J connectivity index is 1.73. The number of benzene rings is 1. The molecular weight excluding hydrogens is 292 g/mol. The molecule has 5 heteroatoms. The third-order valence-electron chi connectivity index (χ3n) is 4.42. The van der Waals surface area contributed by atoms with E-state index in [9.17, 15) is 5.11 Å². The SMILES string of the molecule is C=CCc1ccccc1OC[C@H](O)C[NH+]1CC[NH+](CCO)CC1. The first kappa shape index (κ1) is 17.9. The van der Waals surface area contributed by atoms with Crippen LogP contribution in [0.1, 0.15) is 5.56 Å². The highest BCUT2D eigenvalue weighted by atomic mass is 16.5. The lowest BCUT2D eigenvalue weighted by molar-refractivity contribution is -1.01. The average molecular weight is 322 g/mol. The Morgan fingerprint density at radius 3 is 2.57 bits per heavy atom. The lowest BCUT2D eigenvalue weighted by Crippen LogP contribution is -3.28. The highest BCUT2D eigenvalue weighted by Gasteiger charge is 2.24. The second kappa shape index (κ2) is 9.67. The van der Waals surface area contributed by atoms with Gasteiger partial charge in [0.25, 0.3) is 0 Å². The zero-order valence-electron chi connectivity index (χ0n) is 13.8. The van der Waals surface area contributed by atoms with Gasteiger partial charge in [-0.2, -0.15) is 0 Å². The molecule has 128 valence electrons. The van der Waals surface area contributed by atoms with E-state index in [0.717, 1.165) is 57.0 Å². The molecule has 23 heavy (non-hydrogen) atoms. The number of rotatable bonds is 9. The van der Waals surface area contributed by atoms with E-state index in [1.165, 1.54) is 9.80 Å². The van der Waals surface area contributed by atoms with Crippen molar-refractivity contribution in [3.8, 4) is 5.75 Å². The van der Waals surface area contributed by atoms with Gasteiger partial charge in [0.2, 0.25) is 0 Å². The molecule has 5 nitrogen and oxygen atoms in total. The summed E-state index contributed by atoms with van der Waals surface area (Å²) >= 11 is 0. The molecule has 1 aromatic rings. The Hall–Kier alpha value is -1.40. The van der Waals surface area contributed by atoms with Gasteiger partial charge < -0.3 is 24.7 Å². The number of aliphatic hydroxyl groups excluding tert-OH is 2. The van der Waals surface area contributed by atoms with Crippen molar-refractivity contribution in [2.24, 2.45) is 0 Å². The molecule has 0 amide bonds. The average Bonchev–Trinajstić information content (AvgIpc) is 2.56. The van der Waals surface area contributed by atoms with Crippen LogP contribution in [0.3, 0.4) is 0 Å². The first-order valence-electron chi connectivity index (χ1n) is 8.50. The van der Waals surface area contributed by atoms with Gasteiger partial charge in [0.1, 0.15) is 57.7 Å². The zero-order valence-corrected chi connectivity index (χ0v) is 13.8. The van der Waals surface area contributed by atoms with Crippen molar-refractivity contribution in [1.29, 1.82) is 0 Å². The van der Waals surface area contributed by atoms with Crippen LogP contribution >= 0.6 is 0 Å². The van der Waals surface area contributed by atoms with Crippen LogP contribution < -0.4 is 14.5 Å². The maximum absolute atomic E-state index is 10.2. The molecule has 4 N–H and O–H groups in total. The number of para-hydroxylation sites is 1. The fourth-order valence-electron chi connectivity index (χ4n) is 3.12. The topological polar surface area (TPSA) is 58.6 Å². The van der Waals surface area contributed by atoms with E-state index in [1.54, 1.807) is 0 Å². The van der Waals surface area contributed by atoms with Crippen LogP contribution in [0.2, 0.25) is 0 Å². The van der Waals surface area contributed by atoms with Crippen molar-refractivity contribution in [3.05, 3.63) is 42.5 Å². The molecule has 0 aromatic heterocycles. The molecule has 1 aromatic carbocycles. The van der Waals surface area contributed by atoms with E-state index < -0.39 is 6.10 Å². The molecule has 0 saturated carbocycles. The summed E-state index contributed by atoms with van der Waals surface area (Å²) in [5, 5.41) is 19.2. The lowest BCUT2D eigenvalue weighted by Gasteiger charge is -2.30. The third kappa shape index (κ3) is 5.95. The van der Waals surface area contributed by atoms with Gasteiger partial charge in [-0.3, -0.25) is 0 Å². The third-order valence-corrected chi connectivity index (χ3v) is 4.42. The first-order valence-corrected chi connectivity index (χ1v) is 8.50. The molecule has 1 atom stereocenters. The second-order valence-electron chi connectivity index (χ2n) is 6.24. The van der Waals surface area contributed by atoms with Gasteiger partial charge >= 0.3 is 0 Å². The van der Waals surface area contributed by atoms with E-state index in [1.807, 2.05) is 30.3 Å². The molecule has 0 unspecified atom stereocenters. The molecule has 2 rings (SSSR count). The smallest absolute Gasteiger partial charge is 0.137 e. The molecule has 1 aliphatic rings. The summed E-state index contributed by atoms with van der Waals surface area (Å²) in [6.45, 7) is 10.1. The summed E-state index contributed by atoms with van der Waals surface area (Å²) in [7, 11) is 0. The standard InChI is InChI=1S/C18H28N2O3/c1-2-5-16-6-3-4-7-18(16)23-15-17(22)14-20-10-8-19(9-11-20)12-13-21/h2-4,6-7,17,21-22H,1,5,8-15H2/p+2/t17-/m1/s1. The zero-order chi connectivity index (χ0) is 16.5. The highest BCUT2D eigenvalue weighted by Crippen LogP contribution is 2.18. The van der Waals surface area contributed by atoms with Crippen molar-refractivity contribution in [3.63, 3.8) is 0 Å². The normalized spacial score (nSPS) is 22.5. The molecule has 0 radical (unpaired) electrons. The Labute approximate surface area is 138 Å². The fraction of sp³-hybridized carbons (Fsp3) is 0.556. The number of nitrogens with one attached hydrogen (secondary N) is 2. The quantitative estimate of drug-likeness (QED) is 0.395. The molecule has 0 bridgehead atoms. The van der Waals surface area contributed by atoms with Crippen LogP contribution in [-0.4, -0.2) is 68.8 Å². The van der Waals surface area contributed by atoms with E-state index in [0.29, 0.717) is 6.61 Å². The number of ether oxygens (including phenoxy) is 1. The lowest BCUT2D eigenvalue weighted by atomic mass is 10.1. The second-order valence-corrected chi connectivity index (χ2v) is 6.24. The Morgan fingerprint density at radius 1 is 1.17 bits per heavy atom. The minimum absolute atomic E-state index is 0.255. The predicted molar refractivity (Wildman–Crippen MR) is 90.1 cm³/mol. The monoisotopic (exact) mass is 322 g/mol. The van der Waals surface area contributed by atoms with Gasteiger partial charge in [-0.05, 0) is 18.1 Å². The maximum Gasteiger partial charge on any atom is 0.137 e. The number of piperazine rings is 1. The fourth-order valence-corrected chi connectivity index (χ4v) is 3.12.